The molecule has 0 bridgehead atoms. The Hall–Kier alpha value is -2.29. The van der Waals surface area contributed by atoms with Gasteiger partial charge in [0.15, 0.2) is 0 Å². The van der Waals surface area contributed by atoms with E-state index in [4.69, 9.17) is 4.74 Å². The zero-order valence-electron chi connectivity index (χ0n) is 11.7. The van der Waals surface area contributed by atoms with Crippen molar-refractivity contribution in [2.24, 2.45) is 0 Å². The predicted octanol–water partition coefficient (Wildman–Crippen LogP) is 3.78. The Kier molecular flexibility index (Phi) is 5.18. The van der Waals surface area contributed by atoms with E-state index < -0.39 is 0 Å². The molecule has 0 fully saturated rings. The van der Waals surface area contributed by atoms with E-state index in [-0.39, 0.29) is 5.97 Å². The average Bonchev–Trinajstić information content (AvgIpc) is 2.53. The number of para-hydroxylation sites is 2. The minimum atomic E-state index is -0.161. The van der Waals surface area contributed by atoms with Gasteiger partial charge >= 0.3 is 5.97 Å². The highest BCUT2D eigenvalue weighted by Gasteiger charge is 2.09. The summed E-state index contributed by atoms with van der Waals surface area (Å²) in [7, 11) is 0. The first-order valence-electron chi connectivity index (χ1n) is 6.84. The molecule has 0 amide bonds. The van der Waals surface area contributed by atoms with Crippen LogP contribution in [0.15, 0.2) is 60.7 Å². The molecule has 2 rings (SSSR count). The second kappa shape index (κ2) is 7.34. The summed E-state index contributed by atoms with van der Waals surface area (Å²) in [5, 5.41) is 0. The maximum Gasteiger partial charge on any atom is 0.305 e. The van der Waals surface area contributed by atoms with Crippen molar-refractivity contribution >= 4 is 17.3 Å². The molecule has 2 aromatic rings. The monoisotopic (exact) mass is 269 g/mol. The molecule has 0 aliphatic heterocycles. The van der Waals surface area contributed by atoms with E-state index in [0.717, 1.165) is 11.4 Å². The smallest absolute Gasteiger partial charge is 0.305 e. The van der Waals surface area contributed by atoms with Gasteiger partial charge in [0, 0.05) is 17.8 Å². The summed E-state index contributed by atoms with van der Waals surface area (Å²) in [6.45, 7) is 2.82. The maximum absolute atomic E-state index is 11.2. The molecule has 0 aliphatic carbocycles. The van der Waals surface area contributed by atoms with E-state index in [9.17, 15) is 4.79 Å². The molecule has 0 aromatic heterocycles. The van der Waals surface area contributed by atoms with E-state index in [0.29, 0.717) is 19.6 Å². The molecule has 3 heteroatoms. The standard InChI is InChI=1S/C17H19NO2/c1-2-17(19)20-14-13-18(15-9-5-3-6-10-15)16-11-7-4-8-12-16/h3-12H,2,13-14H2,1H3. The number of carbonyl (C=O) groups excluding carboxylic acids is 1. The molecular formula is C17H19NO2. The number of hydrogen-bond donors (Lipinski definition) is 0. The van der Waals surface area contributed by atoms with Gasteiger partial charge in [-0.2, -0.15) is 0 Å². The van der Waals surface area contributed by atoms with Crippen LogP contribution in [0, 0.1) is 0 Å². The number of hydrogen-bond acceptors (Lipinski definition) is 3. The van der Waals surface area contributed by atoms with Gasteiger partial charge in [-0.1, -0.05) is 43.3 Å². The Labute approximate surface area is 119 Å². The van der Waals surface area contributed by atoms with Crippen LogP contribution in [0.3, 0.4) is 0 Å². The molecule has 0 aliphatic rings. The first-order chi connectivity index (χ1) is 9.81. The lowest BCUT2D eigenvalue weighted by atomic mass is 10.2. The van der Waals surface area contributed by atoms with Crippen molar-refractivity contribution in [2.75, 3.05) is 18.1 Å². The summed E-state index contributed by atoms with van der Waals surface area (Å²) in [6.07, 6.45) is 0.413. The number of rotatable bonds is 6. The summed E-state index contributed by atoms with van der Waals surface area (Å²) in [5.74, 6) is -0.161. The van der Waals surface area contributed by atoms with Crippen molar-refractivity contribution in [3.63, 3.8) is 0 Å². The van der Waals surface area contributed by atoms with Crippen molar-refractivity contribution in [2.45, 2.75) is 13.3 Å². The number of benzene rings is 2. The van der Waals surface area contributed by atoms with Crippen LogP contribution in [0.4, 0.5) is 11.4 Å². The summed E-state index contributed by atoms with van der Waals surface area (Å²) in [6, 6.07) is 20.2. The zero-order valence-corrected chi connectivity index (χ0v) is 11.7. The van der Waals surface area contributed by atoms with Crippen LogP contribution in [0.1, 0.15) is 13.3 Å². The molecule has 0 saturated heterocycles. The number of nitrogens with zero attached hydrogens (tertiary/aromatic N) is 1. The number of anilines is 2. The Morgan fingerprint density at radius 3 is 1.90 bits per heavy atom. The van der Waals surface area contributed by atoms with Crippen LogP contribution in [-0.4, -0.2) is 19.1 Å². The second-order valence-corrected chi connectivity index (χ2v) is 4.40. The third-order valence-electron chi connectivity index (χ3n) is 3.00. The molecule has 0 unspecified atom stereocenters. The Morgan fingerprint density at radius 1 is 0.950 bits per heavy atom. The summed E-state index contributed by atoms with van der Waals surface area (Å²) >= 11 is 0. The van der Waals surface area contributed by atoms with Gasteiger partial charge in [0.2, 0.25) is 0 Å². The molecule has 3 nitrogen and oxygen atoms in total. The number of ether oxygens (including phenoxy) is 1. The highest BCUT2D eigenvalue weighted by molar-refractivity contribution is 5.69. The van der Waals surface area contributed by atoms with E-state index in [1.165, 1.54) is 0 Å². The first-order valence-corrected chi connectivity index (χ1v) is 6.84. The van der Waals surface area contributed by atoms with Crippen LogP contribution in [-0.2, 0) is 9.53 Å². The van der Waals surface area contributed by atoms with E-state index in [2.05, 4.69) is 29.2 Å². The van der Waals surface area contributed by atoms with E-state index in [1.807, 2.05) is 36.4 Å². The van der Waals surface area contributed by atoms with Crippen molar-refractivity contribution in [1.29, 1.82) is 0 Å². The predicted molar refractivity (Wildman–Crippen MR) is 81.1 cm³/mol. The highest BCUT2D eigenvalue weighted by atomic mass is 16.5. The van der Waals surface area contributed by atoms with E-state index >= 15 is 0 Å². The molecule has 0 saturated carbocycles. The molecular weight excluding hydrogens is 250 g/mol. The number of esters is 1. The molecule has 104 valence electrons. The number of carbonyl (C=O) groups is 1. The summed E-state index contributed by atoms with van der Waals surface area (Å²) in [4.78, 5) is 13.4. The van der Waals surface area contributed by atoms with Gasteiger partial charge in [0.1, 0.15) is 6.61 Å². The first kappa shape index (κ1) is 14.1. The minimum absolute atomic E-state index is 0.161. The van der Waals surface area contributed by atoms with Crippen LogP contribution >= 0.6 is 0 Å². The fraction of sp³-hybridized carbons (Fsp3) is 0.235. The van der Waals surface area contributed by atoms with Gasteiger partial charge in [-0.25, -0.2) is 0 Å². The maximum atomic E-state index is 11.2. The SMILES string of the molecule is CCC(=O)OCCN(c1ccccc1)c1ccccc1. The topological polar surface area (TPSA) is 29.5 Å². The molecule has 0 atom stereocenters. The second-order valence-electron chi connectivity index (χ2n) is 4.40. The molecule has 0 radical (unpaired) electrons. The summed E-state index contributed by atoms with van der Waals surface area (Å²) < 4.78 is 5.18. The molecule has 0 N–H and O–H groups in total. The molecule has 2 aromatic carbocycles. The van der Waals surface area contributed by atoms with Crippen molar-refractivity contribution in [1.82, 2.24) is 0 Å². The normalized spacial score (nSPS) is 10.1. The van der Waals surface area contributed by atoms with E-state index in [1.54, 1.807) is 6.92 Å². The quantitative estimate of drug-likeness (QED) is 0.747. The molecule has 0 heterocycles. The van der Waals surface area contributed by atoms with Crippen LogP contribution in [0.25, 0.3) is 0 Å². The van der Waals surface area contributed by atoms with Crippen molar-refractivity contribution < 1.29 is 9.53 Å². The van der Waals surface area contributed by atoms with Crippen LogP contribution < -0.4 is 4.90 Å². The van der Waals surface area contributed by atoms with Crippen molar-refractivity contribution in [3.05, 3.63) is 60.7 Å². The molecule has 0 spiro atoms. The van der Waals surface area contributed by atoms with Crippen molar-refractivity contribution in [3.8, 4) is 0 Å². The van der Waals surface area contributed by atoms with Gasteiger partial charge < -0.3 is 9.64 Å². The van der Waals surface area contributed by atoms with Gasteiger partial charge in [-0.15, -0.1) is 0 Å². The summed E-state index contributed by atoms with van der Waals surface area (Å²) in [5.41, 5.74) is 2.18. The van der Waals surface area contributed by atoms with Gasteiger partial charge in [-0.05, 0) is 24.3 Å². The Balaban J connectivity index is 2.11. The minimum Gasteiger partial charge on any atom is -0.464 e. The third-order valence-corrected chi connectivity index (χ3v) is 3.00. The van der Waals surface area contributed by atoms with Gasteiger partial charge in [0.25, 0.3) is 0 Å². The van der Waals surface area contributed by atoms with Crippen LogP contribution in [0.5, 0.6) is 0 Å². The molecule has 20 heavy (non-hydrogen) atoms. The van der Waals surface area contributed by atoms with Crippen LogP contribution in [0.2, 0.25) is 0 Å². The fourth-order valence-electron chi connectivity index (χ4n) is 1.98. The lowest BCUT2D eigenvalue weighted by Crippen LogP contribution is -2.23. The lowest BCUT2D eigenvalue weighted by Gasteiger charge is -2.24. The Morgan fingerprint density at radius 2 is 1.45 bits per heavy atom. The zero-order chi connectivity index (χ0) is 14.2. The largest absolute Gasteiger partial charge is 0.464 e. The third kappa shape index (κ3) is 3.85. The lowest BCUT2D eigenvalue weighted by molar-refractivity contribution is -0.142. The average molecular weight is 269 g/mol. The Bertz CT molecular complexity index is 486. The highest BCUT2D eigenvalue weighted by Crippen LogP contribution is 2.24. The fourth-order valence-corrected chi connectivity index (χ4v) is 1.98. The van der Waals surface area contributed by atoms with Gasteiger partial charge in [0.05, 0.1) is 6.54 Å². The van der Waals surface area contributed by atoms with Gasteiger partial charge in [-0.3, -0.25) is 4.79 Å².